The van der Waals surface area contributed by atoms with E-state index in [4.69, 9.17) is 5.11 Å². The molecule has 0 saturated carbocycles. The lowest BCUT2D eigenvalue weighted by Gasteiger charge is -2.30. The van der Waals surface area contributed by atoms with Crippen molar-refractivity contribution < 1.29 is 9.90 Å². The SMILES string of the molecule is O=C(O)C1CCCN(Cc2cnccn2)C1. The van der Waals surface area contributed by atoms with E-state index in [1.54, 1.807) is 18.6 Å². The van der Waals surface area contributed by atoms with Crippen LogP contribution in [0.1, 0.15) is 18.5 Å². The maximum atomic E-state index is 10.9. The lowest BCUT2D eigenvalue weighted by Crippen LogP contribution is -2.38. The summed E-state index contributed by atoms with van der Waals surface area (Å²) < 4.78 is 0. The Hall–Kier alpha value is -1.49. The fourth-order valence-corrected chi connectivity index (χ4v) is 2.04. The van der Waals surface area contributed by atoms with Gasteiger partial charge in [-0.1, -0.05) is 0 Å². The van der Waals surface area contributed by atoms with E-state index in [9.17, 15) is 4.79 Å². The van der Waals surface area contributed by atoms with Crippen molar-refractivity contribution in [3.05, 3.63) is 24.3 Å². The molecule has 1 N–H and O–H groups in total. The highest BCUT2D eigenvalue weighted by atomic mass is 16.4. The predicted molar refractivity (Wildman–Crippen MR) is 57.7 cm³/mol. The van der Waals surface area contributed by atoms with Gasteiger partial charge in [-0.05, 0) is 19.4 Å². The average Bonchev–Trinajstić information content (AvgIpc) is 2.30. The van der Waals surface area contributed by atoms with Crippen LogP contribution in [0, 0.1) is 5.92 Å². The van der Waals surface area contributed by atoms with Crippen LogP contribution in [0.2, 0.25) is 0 Å². The second-order valence-electron chi connectivity index (χ2n) is 4.11. The molecule has 0 bridgehead atoms. The summed E-state index contributed by atoms with van der Waals surface area (Å²) in [5.74, 6) is -0.922. The van der Waals surface area contributed by atoms with E-state index in [1.165, 1.54) is 0 Å². The van der Waals surface area contributed by atoms with Crippen LogP contribution in [-0.2, 0) is 11.3 Å². The van der Waals surface area contributed by atoms with Crippen molar-refractivity contribution in [3.63, 3.8) is 0 Å². The Kier molecular flexibility index (Phi) is 3.46. The predicted octanol–water partition coefficient (Wildman–Crippen LogP) is 0.773. The minimum absolute atomic E-state index is 0.231. The Labute approximate surface area is 94.1 Å². The molecular formula is C11H15N3O2. The topological polar surface area (TPSA) is 66.3 Å². The quantitative estimate of drug-likeness (QED) is 0.816. The Bertz CT molecular complexity index is 356. The third-order valence-electron chi connectivity index (χ3n) is 2.86. The van der Waals surface area contributed by atoms with Crippen LogP contribution in [0.3, 0.4) is 0 Å². The third kappa shape index (κ3) is 2.76. The molecule has 0 radical (unpaired) electrons. The Morgan fingerprint density at radius 1 is 1.56 bits per heavy atom. The molecule has 1 aromatic rings. The van der Waals surface area contributed by atoms with E-state index in [0.29, 0.717) is 13.1 Å². The number of likely N-dealkylation sites (tertiary alicyclic amines) is 1. The fraction of sp³-hybridized carbons (Fsp3) is 0.545. The summed E-state index contributed by atoms with van der Waals surface area (Å²) in [7, 11) is 0. The average molecular weight is 221 g/mol. The van der Waals surface area contributed by atoms with E-state index < -0.39 is 5.97 Å². The second-order valence-corrected chi connectivity index (χ2v) is 4.11. The van der Waals surface area contributed by atoms with Gasteiger partial charge in [0.05, 0.1) is 11.6 Å². The minimum atomic E-state index is -0.691. The molecule has 1 atom stereocenters. The number of carboxylic acids is 1. The van der Waals surface area contributed by atoms with Crippen LogP contribution in [0.5, 0.6) is 0 Å². The van der Waals surface area contributed by atoms with Crippen molar-refractivity contribution in [3.8, 4) is 0 Å². The Balaban J connectivity index is 1.93. The van der Waals surface area contributed by atoms with E-state index in [1.807, 2.05) is 0 Å². The Morgan fingerprint density at radius 3 is 3.12 bits per heavy atom. The maximum Gasteiger partial charge on any atom is 0.307 e. The summed E-state index contributed by atoms with van der Waals surface area (Å²) in [6.45, 7) is 2.25. The zero-order valence-corrected chi connectivity index (χ0v) is 9.04. The van der Waals surface area contributed by atoms with Crippen LogP contribution in [0.25, 0.3) is 0 Å². The highest BCUT2D eigenvalue weighted by Gasteiger charge is 2.25. The number of aromatic nitrogens is 2. The first-order valence-corrected chi connectivity index (χ1v) is 5.46. The highest BCUT2D eigenvalue weighted by molar-refractivity contribution is 5.70. The van der Waals surface area contributed by atoms with Crippen LogP contribution < -0.4 is 0 Å². The smallest absolute Gasteiger partial charge is 0.307 e. The van der Waals surface area contributed by atoms with Crippen LogP contribution in [0.15, 0.2) is 18.6 Å². The zero-order chi connectivity index (χ0) is 11.4. The molecule has 0 spiro atoms. The molecule has 86 valence electrons. The number of carbonyl (C=O) groups is 1. The number of piperidine rings is 1. The molecule has 1 fully saturated rings. The molecule has 1 aliphatic heterocycles. The summed E-state index contributed by atoms with van der Waals surface area (Å²) in [6, 6.07) is 0. The summed E-state index contributed by atoms with van der Waals surface area (Å²) in [5, 5.41) is 8.97. The lowest BCUT2D eigenvalue weighted by molar-refractivity contribution is -0.143. The van der Waals surface area contributed by atoms with E-state index in [2.05, 4.69) is 14.9 Å². The van der Waals surface area contributed by atoms with Crippen molar-refractivity contribution in [2.24, 2.45) is 5.92 Å². The summed E-state index contributed by atoms with van der Waals surface area (Å²) in [4.78, 5) is 21.2. The number of aliphatic carboxylic acids is 1. The summed E-state index contributed by atoms with van der Waals surface area (Å²) in [5.41, 5.74) is 0.897. The van der Waals surface area contributed by atoms with Crippen LogP contribution >= 0.6 is 0 Å². The molecule has 16 heavy (non-hydrogen) atoms. The van der Waals surface area contributed by atoms with Gasteiger partial charge in [0.1, 0.15) is 0 Å². The standard InChI is InChI=1S/C11H15N3O2/c15-11(16)9-2-1-5-14(7-9)8-10-6-12-3-4-13-10/h3-4,6,9H,1-2,5,7-8H2,(H,15,16). The van der Waals surface area contributed by atoms with Crippen LogP contribution in [0.4, 0.5) is 0 Å². The minimum Gasteiger partial charge on any atom is -0.481 e. The van der Waals surface area contributed by atoms with Gasteiger partial charge in [0.15, 0.2) is 0 Å². The molecule has 0 aromatic carbocycles. The maximum absolute atomic E-state index is 10.9. The largest absolute Gasteiger partial charge is 0.481 e. The van der Waals surface area contributed by atoms with Crippen molar-refractivity contribution in [2.45, 2.75) is 19.4 Å². The molecule has 0 amide bonds. The van der Waals surface area contributed by atoms with Gasteiger partial charge in [0.25, 0.3) is 0 Å². The number of carboxylic acid groups (broad SMARTS) is 1. The molecule has 1 saturated heterocycles. The Morgan fingerprint density at radius 2 is 2.44 bits per heavy atom. The summed E-state index contributed by atoms with van der Waals surface area (Å²) in [6.07, 6.45) is 6.75. The number of rotatable bonds is 3. The van der Waals surface area contributed by atoms with Gasteiger partial charge in [-0.25, -0.2) is 0 Å². The molecule has 0 aliphatic carbocycles. The number of hydrogen-bond donors (Lipinski definition) is 1. The second kappa shape index (κ2) is 5.03. The first-order valence-electron chi connectivity index (χ1n) is 5.46. The van der Waals surface area contributed by atoms with Gasteiger partial charge >= 0.3 is 5.97 Å². The number of hydrogen-bond acceptors (Lipinski definition) is 4. The van der Waals surface area contributed by atoms with Gasteiger partial charge in [0.2, 0.25) is 0 Å². The molecule has 2 heterocycles. The normalized spacial score (nSPS) is 21.9. The molecule has 5 nitrogen and oxygen atoms in total. The van der Waals surface area contributed by atoms with E-state index >= 15 is 0 Å². The fourth-order valence-electron chi connectivity index (χ4n) is 2.04. The van der Waals surface area contributed by atoms with Gasteiger partial charge in [0, 0.05) is 31.7 Å². The van der Waals surface area contributed by atoms with Crippen LogP contribution in [-0.4, -0.2) is 39.0 Å². The van der Waals surface area contributed by atoms with E-state index in [-0.39, 0.29) is 5.92 Å². The number of nitrogens with zero attached hydrogens (tertiary/aromatic N) is 3. The molecule has 2 rings (SSSR count). The van der Waals surface area contributed by atoms with Gasteiger partial charge in [-0.2, -0.15) is 0 Å². The van der Waals surface area contributed by atoms with Crippen molar-refractivity contribution in [1.29, 1.82) is 0 Å². The first kappa shape index (κ1) is 11.0. The van der Waals surface area contributed by atoms with Crippen molar-refractivity contribution in [2.75, 3.05) is 13.1 Å². The zero-order valence-electron chi connectivity index (χ0n) is 9.04. The molecular weight excluding hydrogens is 206 g/mol. The van der Waals surface area contributed by atoms with Gasteiger partial charge in [-0.3, -0.25) is 19.7 Å². The van der Waals surface area contributed by atoms with E-state index in [0.717, 1.165) is 25.1 Å². The monoisotopic (exact) mass is 221 g/mol. The highest BCUT2D eigenvalue weighted by Crippen LogP contribution is 2.17. The van der Waals surface area contributed by atoms with Crippen molar-refractivity contribution >= 4 is 5.97 Å². The van der Waals surface area contributed by atoms with Gasteiger partial charge < -0.3 is 5.11 Å². The van der Waals surface area contributed by atoms with Gasteiger partial charge in [-0.15, -0.1) is 0 Å². The first-order chi connectivity index (χ1) is 7.75. The molecule has 1 unspecified atom stereocenters. The molecule has 5 heteroatoms. The summed E-state index contributed by atoms with van der Waals surface area (Å²) >= 11 is 0. The molecule has 1 aliphatic rings. The van der Waals surface area contributed by atoms with Crippen molar-refractivity contribution in [1.82, 2.24) is 14.9 Å². The third-order valence-corrected chi connectivity index (χ3v) is 2.86. The lowest BCUT2D eigenvalue weighted by atomic mass is 9.98. The molecule has 1 aromatic heterocycles.